The maximum absolute atomic E-state index is 12.4. The molecule has 6 nitrogen and oxygen atoms in total. The van der Waals surface area contributed by atoms with E-state index in [9.17, 15) is 9.90 Å². The van der Waals surface area contributed by atoms with Gasteiger partial charge >= 0.3 is 0 Å². The molecule has 1 aromatic rings. The van der Waals surface area contributed by atoms with Gasteiger partial charge in [-0.1, -0.05) is 0 Å². The Morgan fingerprint density at radius 3 is 2.59 bits per heavy atom. The third-order valence-corrected chi connectivity index (χ3v) is 4.19. The molecule has 0 radical (unpaired) electrons. The molecule has 1 aromatic heterocycles. The summed E-state index contributed by atoms with van der Waals surface area (Å²) in [7, 11) is 0. The third kappa shape index (κ3) is 3.75. The molecule has 3 heterocycles. The predicted octanol–water partition coefficient (Wildman–Crippen LogP) is 1.24. The Kier molecular flexibility index (Phi) is 4.90. The van der Waals surface area contributed by atoms with Gasteiger partial charge in [-0.2, -0.15) is 0 Å². The van der Waals surface area contributed by atoms with Crippen LogP contribution in [0.5, 0.6) is 5.88 Å². The van der Waals surface area contributed by atoms with E-state index in [0.717, 1.165) is 26.1 Å². The van der Waals surface area contributed by atoms with Gasteiger partial charge in [0, 0.05) is 38.2 Å². The second-order valence-electron chi connectivity index (χ2n) is 5.84. The Morgan fingerprint density at radius 1 is 1.23 bits per heavy atom. The zero-order chi connectivity index (χ0) is 15.4. The fourth-order valence-electron chi connectivity index (χ4n) is 2.79. The van der Waals surface area contributed by atoms with Crippen LogP contribution in [0, 0.1) is 0 Å². The van der Waals surface area contributed by atoms with E-state index in [1.54, 1.807) is 23.2 Å². The minimum atomic E-state index is -0.280. The molecule has 0 unspecified atom stereocenters. The summed E-state index contributed by atoms with van der Waals surface area (Å²) < 4.78 is 11.1. The van der Waals surface area contributed by atoms with Crippen molar-refractivity contribution in [3.05, 3.63) is 23.9 Å². The summed E-state index contributed by atoms with van der Waals surface area (Å²) >= 11 is 0. The van der Waals surface area contributed by atoms with Crippen molar-refractivity contribution in [1.82, 2.24) is 9.88 Å². The van der Waals surface area contributed by atoms with E-state index in [2.05, 4.69) is 4.98 Å². The van der Waals surface area contributed by atoms with E-state index < -0.39 is 0 Å². The topological polar surface area (TPSA) is 71.9 Å². The highest BCUT2D eigenvalue weighted by molar-refractivity contribution is 5.94. The van der Waals surface area contributed by atoms with Gasteiger partial charge in [-0.3, -0.25) is 4.79 Å². The highest BCUT2D eigenvalue weighted by Crippen LogP contribution is 2.18. The average molecular weight is 306 g/mol. The quantitative estimate of drug-likeness (QED) is 0.909. The van der Waals surface area contributed by atoms with Gasteiger partial charge in [0.2, 0.25) is 5.88 Å². The number of rotatable bonds is 3. The van der Waals surface area contributed by atoms with Crippen molar-refractivity contribution in [3.8, 4) is 5.88 Å². The largest absolute Gasteiger partial charge is 0.474 e. The predicted molar refractivity (Wildman–Crippen MR) is 79.9 cm³/mol. The number of carbonyl (C=O) groups excluding carboxylic acids is 1. The molecule has 2 fully saturated rings. The summed E-state index contributed by atoms with van der Waals surface area (Å²) in [5, 5.41) is 9.50. The van der Waals surface area contributed by atoms with Crippen LogP contribution in [0.15, 0.2) is 18.3 Å². The Hall–Kier alpha value is -1.66. The van der Waals surface area contributed by atoms with Crippen LogP contribution < -0.4 is 4.74 Å². The lowest BCUT2D eigenvalue weighted by Gasteiger charge is -2.29. The SMILES string of the molecule is O=C(c1ccc(OC2CCOCC2)nc1)N1CCC(O)CC1. The molecule has 0 saturated carbocycles. The summed E-state index contributed by atoms with van der Waals surface area (Å²) in [5.74, 6) is 0.523. The monoisotopic (exact) mass is 306 g/mol. The lowest BCUT2D eigenvalue weighted by Crippen LogP contribution is -2.40. The first kappa shape index (κ1) is 15.2. The molecular formula is C16H22N2O4. The number of aromatic nitrogens is 1. The van der Waals surface area contributed by atoms with Crippen LogP contribution in [-0.4, -0.2) is 59.4 Å². The molecule has 1 amide bonds. The number of pyridine rings is 1. The lowest BCUT2D eigenvalue weighted by molar-refractivity contribution is 0.0237. The molecule has 0 aliphatic carbocycles. The van der Waals surface area contributed by atoms with Crippen LogP contribution in [0.3, 0.4) is 0 Å². The van der Waals surface area contributed by atoms with Crippen LogP contribution in [0.1, 0.15) is 36.0 Å². The van der Waals surface area contributed by atoms with Crippen LogP contribution >= 0.6 is 0 Å². The number of likely N-dealkylation sites (tertiary alicyclic amines) is 1. The maximum Gasteiger partial charge on any atom is 0.255 e. The Labute approximate surface area is 130 Å². The number of carbonyl (C=O) groups is 1. The lowest BCUT2D eigenvalue weighted by atomic mass is 10.1. The number of aliphatic hydroxyl groups excluding tert-OH is 1. The smallest absolute Gasteiger partial charge is 0.255 e. The van der Waals surface area contributed by atoms with Crippen molar-refractivity contribution in [3.63, 3.8) is 0 Å². The molecule has 2 aliphatic heterocycles. The summed E-state index contributed by atoms with van der Waals surface area (Å²) in [5.41, 5.74) is 0.565. The maximum atomic E-state index is 12.4. The first-order valence-electron chi connectivity index (χ1n) is 7.90. The van der Waals surface area contributed by atoms with Gasteiger partial charge in [0.05, 0.1) is 24.9 Å². The van der Waals surface area contributed by atoms with E-state index >= 15 is 0 Å². The van der Waals surface area contributed by atoms with Crippen LogP contribution in [0.2, 0.25) is 0 Å². The van der Waals surface area contributed by atoms with Crippen LogP contribution in [0.4, 0.5) is 0 Å². The molecular weight excluding hydrogens is 284 g/mol. The number of hydrogen-bond acceptors (Lipinski definition) is 5. The Bertz CT molecular complexity index is 491. The molecule has 0 aromatic carbocycles. The molecule has 3 rings (SSSR count). The van der Waals surface area contributed by atoms with Gasteiger partial charge in [-0.25, -0.2) is 4.98 Å². The van der Waals surface area contributed by atoms with E-state index in [1.165, 1.54) is 0 Å². The molecule has 22 heavy (non-hydrogen) atoms. The zero-order valence-electron chi connectivity index (χ0n) is 12.6. The van der Waals surface area contributed by atoms with Gasteiger partial charge in [-0.15, -0.1) is 0 Å². The molecule has 120 valence electrons. The number of ether oxygens (including phenoxy) is 2. The van der Waals surface area contributed by atoms with Gasteiger partial charge in [0.15, 0.2) is 0 Å². The molecule has 0 atom stereocenters. The first-order valence-corrected chi connectivity index (χ1v) is 7.90. The van der Waals surface area contributed by atoms with Gasteiger partial charge < -0.3 is 19.5 Å². The second-order valence-corrected chi connectivity index (χ2v) is 5.84. The van der Waals surface area contributed by atoms with Gasteiger partial charge in [0.25, 0.3) is 5.91 Å². The third-order valence-electron chi connectivity index (χ3n) is 4.19. The van der Waals surface area contributed by atoms with Crippen molar-refractivity contribution in [1.29, 1.82) is 0 Å². The van der Waals surface area contributed by atoms with Crippen LogP contribution in [0.25, 0.3) is 0 Å². The Balaban J connectivity index is 1.57. The minimum Gasteiger partial charge on any atom is -0.474 e. The number of nitrogens with zero attached hydrogens (tertiary/aromatic N) is 2. The molecule has 1 N–H and O–H groups in total. The first-order chi connectivity index (χ1) is 10.7. The molecule has 0 bridgehead atoms. The fraction of sp³-hybridized carbons (Fsp3) is 0.625. The van der Waals surface area contributed by atoms with Crippen molar-refractivity contribution in [2.75, 3.05) is 26.3 Å². The molecule has 2 aliphatic rings. The number of hydrogen-bond donors (Lipinski definition) is 1. The molecule has 0 spiro atoms. The van der Waals surface area contributed by atoms with E-state index in [4.69, 9.17) is 9.47 Å². The zero-order valence-corrected chi connectivity index (χ0v) is 12.6. The van der Waals surface area contributed by atoms with Crippen molar-refractivity contribution in [2.24, 2.45) is 0 Å². The van der Waals surface area contributed by atoms with Crippen molar-refractivity contribution >= 4 is 5.91 Å². The van der Waals surface area contributed by atoms with Crippen molar-refractivity contribution < 1.29 is 19.4 Å². The molecule has 6 heteroatoms. The average Bonchev–Trinajstić information content (AvgIpc) is 2.57. The normalized spacial score (nSPS) is 20.9. The number of amides is 1. The van der Waals surface area contributed by atoms with E-state index in [1.807, 2.05) is 0 Å². The molecule has 2 saturated heterocycles. The number of piperidine rings is 1. The Morgan fingerprint density at radius 2 is 1.95 bits per heavy atom. The fourth-order valence-corrected chi connectivity index (χ4v) is 2.79. The number of aliphatic hydroxyl groups is 1. The van der Waals surface area contributed by atoms with E-state index in [-0.39, 0.29) is 18.1 Å². The highest BCUT2D eigenvalue weighted by Gasteiger charge is 2.22. The van der Waals surface area contributed by atoms with Gasteiger partial charge in [-0.05, 0) is 18.9 Å². The standard InChI is InChI=1S/C16H22N2O4/c19-13-3-7-18(8-4-13)16(20)12-1-2-15(17-11-12)22-14-5-9-21-10-6-14/h1-2,11,13-14,19H,3-10H2. The summed E-state index contributed by atoms with van der Waals surface area (Å²) in [6.07, 6.45) is 4.47. The van der Waals surface area contributed by atoms with Gasteiger partial charge in [0.1, 0.15) is 6.10 Å². The second kappa shape index (κ2) is 7.07. The van der Waals surface area contributed by atoms with E-state index in [0.29, 0.717) is 37.4 Å². The van der Waals surface area contributed by atoms with Crippen LogP contribution in [-0.2, 0) is 4.74 Å². The highest BCUT2D eigenvalue weighted by atomic mass is 16.5. The summed E-state index contributed by atoms with van der Waals surface area (Å²) in [4.78, 5) is 18.4. The van der Waals surface area contributed by atoms with Crippen molar-refractivity contribution in [2.45, 2.75) is 37.9 Å². The summed E-state index contributed by atoms with van der Waals surface area (Å²) in [6, 6.07) is 3.51. The summed E-state index contributed by atoms with van der Waals surface area (Å²) in [6.45, 7) is 2.64. The minimum absolute atomic E-state index is 0.0305.